The summed E-state index contributed by atoms with van der Waals surface area (Å²) in [6, 6.07) is 11.0. The third-order valence-corrected chi connectivity index (χ3v) is 7.23. The molecule has 148 valence electrons. The largest absolute Gasteiger partial charge is 0.480 e. The normalized spacial score (nSPS) is 12.0. The molecule has 28 heavy (non-hydrogen) atoms. The summed E-state index contributed by atoms with van der Waals surface area (Å²) in [5, 5.41) is 9.27. The molecule has 1 heterocycles. The van der Waals surface area contributed by atoms with Crippen LogP contribution in [0.4, 0.5) is 4.39 Å². The van der Waals surface area contributed by atoms with Gasteiger partial charge in [-0.1, -0.05) is 18.2 Å². The Morgan fingerprint density at radius 2 is 1.86 bits per heavy atom. The highest BCUT2D eigenvalue weighted by Crippen LogP contribution is 2.31. The van der Waals surface area contributed by atoms with E-state index in [-0.39, 0.29) is 17.9 Å². The van der Waals surface area contributed by atoms with Crippen LogP contribution in [-0.2, 0) is 27.6 Å². The third-order valence-electron chi connectivity index (χ3n) is 4.98. The summed E-state index contributed by atoms with van der Waals surface area (Å²) in [6.45, 7) is 4.78. The number of sulfone groups is 1. The number of carboxylic acid groups (broad SMARTS) is 1. The van der Waals surface area contributed by atoms with E-state index in [1.807, 2.05) is 0 Å². The van der Waals surface area contributed by atoms with Gasteiger partial charge < -0.3 is 9.67 Å². The van der Waals surface area contributed by atoms with E-state index in [2.05, 4.69) is 0 Å². The van der Waals surface area contributed by atoms with Gasteiger partial charge in [-0.3, -0.25) is 4.79 Å². The van der Waals surface area contributed by atoms with Crippen molar-refractivity contribution in [2.75, 3.05) is 0 Å². The number of hydrogen-bond donors (Lipinski definition) is 1. The standard InChI is InChI=1S/C21H22FNO4S/c1-13(2)28(26,27)20-7-5-4-6-15(20)10-17-14(3)23(12-21(24)25)19-9-8-16(22)11-18(17)19/h4-9,11,13H,10,12H2,1-3H3,(H,24,25). The lowest BCUT2D eigenvalue weighted by Gasteiger charge is -2.13. The number of rotatable bonds is 6. The van der Waals surface area contributed by atoms with Crippen molar-refractivity contribution in [1.82, 2.24) is 4.57 Å². The Hall–Kier alpha value is -2.67. The number of halogens is 1. The van der Waals surface area contributed by atoms with Crippen molar-refractivity contribution >= 4 is 26.7 Å². The molecule has 3 aromatic rings. The number of aliphatic carboxylic acids is 1. The summed E-state index contributed by atoms with van der Waals surface area (Å²) in [6.07, 6.45) is 0.264. The molecule has 0 aliphatic carbocycles. The number of benzene rings is 2. The van der Waals surface area contributed by atoms with E-state index in [1.54, 1.807) is 55.7 Å². The quantitative estimate of drug-likeness (QED) is 0.676. The zero-order chi connectivity index (χ0) is 20.6. The minimum atomic E-state index is -3.49. The maximum Gasteiger partial charge on any atom is 0.323 e. The van der Waals surface area contributed by atoms with E-state index < -0.39 is 26.9 Å². The third kappa shape index (κ3) is 3.54. The van der Waals surface area contributed by atoms with E-state index in [0.29, 0.717) is 22.2 Å². The molecule has 0 saturated carbocycles. The number of hydrogen-bond acceptors (Lipinski definition) is 3. The van der Waals surface area contributed by atoms with E-state index in [0.717, 1.165) is 5.56 Å². The Kier molecular flexibility index (Phi) is 5.30. The van der Waals surface area contributed by atoms with Crippen LogP contribution in [0.15, 0.2) is 47.4 Å². The van der Waals surface area contributed by atoms with E-state index >= 15 is 0 Å². The van der Waals surface area contributed by atoms with Crippen LogP contribution in [0.25, 0.3) is 10.9 Å². The molecule has 0 aliphatic heterocycles. The fourth-order valence-electron chi connectivity index (χ4n) is 3.46. The van der Waals surface area contributed by atoms with Gasteiger partial charge in [0.25, 0.3) is 0 Å². The zero-order valence-corrected chi connectivity index (χ0v) is 16.8. The van der Waals surface area contributed by atoms with Crippen molar-refractivity contribution in [3.63, 3.8) is 0 Å². The average molecular weight is 403 g/mol. The topological polar surface area (TPSA) is 76.4 Å². The summed E-state index contributed by atoms with van der Waals surface area (Å²) >= 11 is 0. The maximum absolute atomic E-state index is 13.9. The second-order valence-corrected chi connectivity index (χ2v) is 9.56. The van der Waals surface area contributed by atoms with Crippen LogP contribution in [0.1, 0.15) is 30.7 Å². The first-order chi connectivity index (χ1) is 13.1. The van der Waals surface area contributed by atoms with Crippen molar-refractivity contribution in [2.45, 2.75) is 43.9 Å². The molecule has 3 rings (SSSR count). The lowest BCUT2D eigenvalue weighted by Crippen LogP contribution is -2.16. The predicted molar refractivity (Wildman–Crippen MR) is 106 cm³/mol. The molecule has 0 fully saturated rings. The second kappa shape index (κ2) is 7.39. The second-order valence-electron chi connectivity index (χ2n) is 7.08. The van der Waals surface area contributed by atoms with Crippen LogP contribution in [0.2, 0.25) is 0 Å². The van der Waals surface area contributed by atoms with Gasteiger partial charge in [-0.2, -0.15) is 0 Å². The summed E-state index contributed by atoms with van der Waals surface area (Å²) in [7, 11) is -3.49. The molecule has 0 spiro atoms. The van der Waals surface area contributed by atoms with E-state index in [4.69, 9.17) is 0 Å². The van der Waals surface area contributed by atoms with Crippen LogP contribution >= 0.6 is 0 Å². The molecular weight excluding hydrogens is 381 g/mol. The summed E-state index contributed by atoms with van der Waals surface area (Å²) in [4.78, 5) is 11.5. The fourth-order valence-corrected chi connectivity index (χ4v) is 4.74. The lowest BCUT2D eigenvalue weighted by atomic mass is 10.0. The van der Waals surface area contributed by atoms with Gasteiger partial charge in [0.1, 0.15) is 12.4 Å². The maximum atomic E-state index is 13.9. The summed E-state index contributed by atoms with van der Waals surface area (Å²) < 4.78 is 41.0. The van der Waals surface area contributed by atoms with Crippen LogP contribution in [-0.4, -0.2) is 29.3 Å². The van der Waals surface area contributed by atoms with Crippen molar-refractivity contribution in [1.29, 1.82) is 0 Å². The van der Waals surface area contributed by atoms with Crippen LogP contribution < -0.4 is 0 Å². The smallest absolute Gasteiger partial charge is 0.323 e. The minimum Gasteiger partial charge on any atom is -0.480 e. The Morgan fingerprint density at radius 1 is 1.18 bits per heavy atom. The zero-order valence-electron chi connectivity index (χ0n) is 15.9. The predicted octanol–water partition coefficient (Wildman–Crippen LogP) is 3.95. The molecular formula is C21H22FNO4S. The Bertz CT molecular complexity index is 1160. The number of aromatic nitrogens is 1. The van der Waals surface area contributed by atoms with Crippen molar-refractivity contribution in [3.05, 3.63) is 65.1 Å². The van der Waals surface area contributed by atoms with Crippen molar-refractivity contribution < 1.29 is 22.7 Å². The first-order valence-corrected chi connectivity index (χ1v) is 10.5. The van der Waals surface area contributed by atoms with Gasteiger partial charge in [0.15, 0.2) is 9.84 Å². The van der Waals surface area contributed by atoms with Crippen molar-refractivity contribution in [2.24, 2.45) is 0 Å². The number of carbonyl (C=O) groups is 1. The summed E-state index contributed by atoms with van der Waals surface area (Å²) in [5.41, 5.74) is 2.63. The molecule has 1 aromatic heterocycles. The summed E-state index contributed by atoms with van der Waals surface area (Å²) in [5.74, 6) is -1.43. The van der Waals surface area contributed by atoms with Gasteiger partial charge in [-0.15, -0.1) is 0 Å². The first-order valence-electron chi connectivity index (χ1n) is 8.93. The number of fused-ring (bicyclic) bond motifs is 1. The first kappa shape index (κ1) is 20.1. The van der Waals surface area contributed by atoms with E-state index in [1.165, 1.54) is 12.1 Å². The molecule has 7 heteroatoms. The van der Waals surface area contributed by atoms with Gasteiger partial charge in [-0.05, 0) is 56.2 Å². The van der Waals surface area contributed by atoms with E-state index in [9.17, 15) is 22.7 Å². The fraction of sp³-hybridized carbons (Fsp3) is 0.286. The highest BCUT2D eigenvalue weighted by molar-refractivity contribution is 7.92. The lowest BCUT2D eigenvalue weighted by molar-refractivity contribution is -0.137. The highest BCUT2D eigenvalue weighted by Gasteiger charge is 2.24. The monoisotopic (exact) mass is 403 g/mol. The minimum absolute atomic E-state index is 0.250. The molecule has 0 atom stereocenters. The highest BCUT2D eigenvalue weighted by atomic mass is 32.2. The Balaban J connectivity index is 2.21. The van der Waals surface area contributed by atoms with Gasteiger partial charge in [0.05, 0.1) is 10.1 Å². The van der Waals surface area contributed by atoms with Gasteiger partial charge in [-0.25, -0.2) is 12.8 Å². The SMILES string of the molecule is Cc1c(Cc2ccccc2S(=O)(=O)C(C)C)c2cc(F)ccc2n1CC(=O)O. The Morgan fingerprint density at radius 3 is 2.50 bits per heavy atom. The molecule has 0 unspecified atom stereocenters. The average Bonchev–Trinajstić information content (AvgIpc) is 2.86. The van der Waals surface area contributed by atoms with Crippen LogP contribution in [0.5, 0.6) is 0 Å². The molecule has 2 aromatic carbocycles. The molecule has 1 N–H and O–H groups in total. The molecule has 0 bridgehead atoms. The van der Waals surface area contributed by atoms with Crippen molar-refractivity contribution in [3.8, 4) is 0 Å². The molecule has 0 amide bonds. The molecule has 0 saturated heterocycles. The molecule has 0 aliphatic rings. The van der Waals surface area contributed by atoms with Gasteiger partial charge >= 0.3 is 5.97 Å². The Labute approximate surface area is 163 Å². The molecule has 0 radical (unpaired) electrons. The van der Waals surface area contributed by atoms with Gasteiger partial charge in [0.2, 0.25) is 0 Å². The van der Waals surface area contributed by atoms with Crippen LogP contribution in [0.3, 0.4) is 0 Å². The number of carboxylic acids is 1. The number of nitrogens with zero attached hydrogens (tertiary/aromatic N) is 1. The van der Waals surface area contributed by atoms with Crippen LogP contribution in [0, 0.1) is 12.7 Å². The van der Waals surface area contributed by atoms with Gasteiger partial charge in [0, 0.05) is 23.0 Å². The molecule has 5 nitrogen and oxygen atoms in total.